The lowest BCUT2D eigenvalue weighted by Gasteiger charge is -2.07. The Morgan fingerprint density at radius 1 is 1.22 bits per heavy atom. The maximum atomic E-state index is 12.0. The molecule has 0 bridgehead atoms. The van der Waals surface area contributed by atoms with Gasteiger partial charge >= 0.3 is 0 Å². The third-order valence-electron chi connectivity index (χ3n) is 4.38. The minimum atomic E-state index is 0.147. The van der Waals surface area contributed by atoms with Crippen LogP contribution in [0.5, 0.6) is 0 Å². The molecule has 0 saturated heterocycles. The molecule has 0 spiro atoms. The standard InChI is InChI=1S/C19H24N2OS/c1-13-8-16(14(2)23-13)4-3-5-19(22)21-10-15-6-7-17-11-20-12-18(17)9-15/h6-9,20H,3-5,10-12H2,1-2H3,(H,21,22). The zero-order valence-corrected chi connectivity index (χ0v) is 14.7. The van der Waals surface area contributed by atoms with Crippen LogP contribution in [-0.4, -0.2) is 5.91 Å². The van der Waals surface area contributed by atoms with Gasteiger partial charge in [-0.1, -0.05) is 18.2 Å². The summed E-state index contributed by atoms with van der Waals surface area (Å²) in [5, 5.41) is 6.38. The molecule has 0 fully saturated rings. The van der Waals surface area contributed by atoms with Crippen LogP contribution in [0.4, 0.5) is 0 Å². The molecule has 1 aliphatic heterocycles. The number of carbonyl (C=O) groups is 1. The number of fused-ring (bicyclic) bond motifs is 1. The number of thiophene rings is 1. The van der Waals surface area contributed by atoms with E-state index < -0.39 is 0 Å². The van der Waals surface area contributed by atoms with E-state index in [1.807, 2.05) is 11.3 Å². The van der Waals surface area contributed by atoms with Gasteiger partial charge in [-0.05, 0) is 55.0 Å². The average molecular weight is 328 g/mol. The van der Waals surface area contributed by atoms with E-state index in [1.54, 1.807) is 0 Å². The summed E-state index contributed by atoms with van der Waals surface area (Å²) >= 11 is 1.84. The Morgan fingerprint density at radius 3 is 2.83 bits per heavy atom. The zero-order valence-electron chi connectivity index (χ0n) is 13.9. The second-order valence-electron chi connectivity index (χ2n) is 6.28. The molecule has 0 aliphatic carbocycles. The monoisotopic (exact) mass is 328 g/mol. The van der Waals surface area contributed by atoms with E-state index in [0.717, 1.165) is 25.9 Å². The fourth-order valence-corrected chi connectivity index (χ4v) is 4.09. The Balaban J connectivity index is 1.42. The quantitative estimate of drug-likeness (QED) is 0.850. The topological polar surface area (TPSA) is 41.1 Å². The molecular formula is C19H24N2OS. The van der Waals surface area contributed by atoms with Crippen molar-refractivity contribution < 1.29 is 4.79 Å². The van der Waals surface area contributed by atoms with Crippen LogP contribution in [0.1, 0.15) is 44.8 Å². The van der Waals surface area contributed by atoms with Gasteiger partial charge in [-0.25, -0.2) is 0 Å². The summed E-state index contributed by atoms with van der Waals surface area (Å²) in [6.07, 6.45) is 2.51. The second-order valence-corrected chi connectivity index (χ2v) is 7.74. The highest BCUT2D eigenvalue weighted by atomic mass is 32.1. The molecule has 4 heteroatoms. The SMILES string of the molecule is Cc1cc(CCCC(=O)NCc2ccc3c(c2)CNC3)c(C)s1. The smallest absolute Gasteiger partial charge is 0.220 e. The van der Waals surface area contributed by atoms with Crippen LogP contribution in [0.2, 0.25) is 0 Å². The molecule has 0 radical (unpaired) electrons. The van der Waals surface area contributed by atoms with Crippen molar-refractivity contribution >= 4 is 17.2 Å². The highest BCUT2D eigenvalue weighted by Gasteiger charge is 2.10. The Labute approximate surface area is 142 Å². The minimum absolute atomic E-state index is 0.147. The maximum Gasteiger partial charge on any atom is 0.220 e. The molecular weight excluding hydrogens is 304 g/mol. The van der Waals surface area contributed by atoms with Crippen molar-refractivity contribution in [1.82, 2.24) is 10.6 Å². The van der Waals surface area contributed by atoms with Gasteiger partial charge < -0.3 is 10.6 Å². The number of amides is 1. The molecule has 1 aromatic carbocycles. The lowest BCUT2D eigenvalue weighted by molar-refractivity contribution is -0.121. The van der Waals surface area contributed by atoms with Crippen molar-refractivity contribution in [2.24, 2.45) is 0 Å². The van der Waals surface area contributed by atoms with Gasteiger partial charge in [0.15, 0.2) is 0 Å². The van der Waals surface area contributed by atoms with Crippen LogP contribution in [-0.2, 0) is 30.8 Å². The van der Waals surface area contributed by atoms with E-state index in [-0.39, 0.29) is 5.91 Å². The lowest BCUT2D eigenvalue weighted by atomic mass is 10.1. The highest BCUT2D eigenvalue weighted by Crippen LogP contribution is 2.22. The molecule has 1 amide bonds. The van der Waals surface area contributed by atoms with Gasteiger partial charge in [0.2, 0.25) is 5.91 Å². The van der Waals surface area contributed by atoms with Gasteiger partial charge in [-0.2, -0.15) is 0 Å². The molecule has 122 valence electrons. The van der Waals surface area contributed by atoms with Crippen LogP contribution in [0.25, 0.3) is 0 Å². The summed E-state index contributed by atoms with van der Waals surface area (Å²) in [5.41, 5.74) is 5.32. The molecule has 0 unspecified atom stereocenters. The summed E-state index contributed by atoms with van der Waals surface area (Å²) in [7, 11) is 0. The van der Waals surface area contributed by atoms with Gasteiger partial charge in [0.1, 0.15) is 0 Å². The highest BCUT2D eigenvalue weighted by molar-refractivity contribution is 7.12. The number of aryl methyl sites for hydroxylation is 3. The van der Waals surface area contributed by atoms with Crippen LogP contribution in [0.3, 0.4) is 0 Å². The van der Waals surface area contributed by atoms with Gasteiger partial charge in [0.05, 0.1) is 0 Å². The molecule has 2 N–H and O–H groups in total. The summed E-state index contributed by atoms with van der Waals surface area (Å²) < 4.78 is 0. The normalized spacial score (nSPS) is 13.1. The van der Waals surface area contributed by atoms with E-state index in [1.165, 1.54) is 32.0 Å². The molecule has 1 aromatic heterocycles. The Bertz CT molecular complexity index is 705. The number of rotatable bonds is 6. The number of benzene rings is 1. The Kier molecular flexibility index (Phi) is 5.13. The van der Waals surface area contributed by atoms with E-state index in [0.29, 0.717) is 13.0 Å². The van der Waals surface area contributed by atoms with Gasteiger partial charge in [0, 0.05) is 35.8 Å². The summed E-state index contributed by atoms with van der Waals surface area (Å²) in [6, 6.07) is 8.73. The molecule has 2 heterocycles. The fraction of sp³-hybridized carbons (Fsp3) is 0.421. The predicted molar refractivity (Wildman–Crippen MR) is 95.6 cm³/mol. The lowest BCUT2D eigenvalue weighted by Crippen LogP contribution is -2.22. The summed E-state index contributed by atoms with van der Waals surface area (Å²) in [5.74, 6) is 0.147. The first-order chi connectivity index (χ1) is 11.1. The first-order valence-corrected chi connectivity index (χ1v) is 9.07. The van der Waals surface area contributed by atoms with Crippen LogP contribution >= 0.6 is 11.3 Å². The van der Waals surface area contributed by atoms with Crippen LogP contribution in [0.15, 0.2) is 24.3 Å². The fourth-order valence-electron chi connectivity index (χ4n) is 3.12. The van der Waals surface area contributed by atoms with E-state index >= 15 is 0 Å². The van der Waals surface area contributed by atoms with Gasteiger partial charge in [0.25, 0.3) is 0 Å². The Morgan fingerprint density at radius 2 is 2.04 bits per heavy atom. The summed E-state index contributed by atoms with van der Waals surface area (Å²) in [4.78, 5) is 14.7. The van der Waals surface area contributed by atoms with Crippen LogP contribution < -0.4 is 10.6 Å². The van der Waals surface area contributed by atoms with Crippen molar-refractivity contribution in [1.29, 1.82) is 0 Å². The number of hydrogen-bond acceptors (Lipinski definition) is 3. The molecule has 1 aliphatic rings. The molecule has 3 rings (SSSR count). The number of carbonyl (C=O) groups excluding carboxylic acids is 1. The molecule has 0 saturated carbocycles. The molecule has 3 nitrogen and oxygen atoms in total. The average Bonchev–Trinajstić information content (AvgIpc) is 3.11. The van der Waals surface area contributed by atoms with Crippen molar-refractivity contribution in [2.45, 2.75) is 52.7 Å². The Hall–Kier alpha value is -1.65. The van der Waals surface area contributed by atoms with Crippen molar-refractivity contribution in [3.63, 3.8) is 0 Å². The first-order valence-electron chi connectivity index (χ1n) is 8.26. The minimum Gasteiger partial charge on any atom is -0.352 e. The van der Waals surface area contributed by atoms with Gasteiger partial charge in [-0.3, -0.25) is 4.79 Å². The molecule has 2 aromatic rings. The molecule has 23 heavy (non-hydrogen) atoms. The van der Waals surface area contributed by atoms with E-state index in [9.17, 15) is 4.79 Å². The zero-order chi connectivity index (χ0) is 16.2. The van der Waals surface area contributed by atoms with Gasteiger partial charge in [-0.15, -0.1) is 11.3 Å². The van der Waals surface area contributed by atoms with Crippen molar-refractivity contribution in [3.05, 3.63) is 56.3 Å². The number of nitrogens with one attached hydrogen (secondary N) is 2. The maximum absolute atomic E-state index is 12.0. The van der Waals surface area contributed by atoms with E-state index in [4.69, 9.17) is 0 Å². The summed E-state index contributed by atoms with van der Waals surface area (Å²) in [6.45, 7) is 6.83. The second kappa shape index (κ2) is 7.28. The van der Waals surface area contributed by atoms with Crippen molar-refractivity contribution in [3.8, 4) is 0 Å². The third-order valence-corrected chi connectivity index (χ3v) is 5.39. The largest absolute Gasteiger partial charge is 0.352 e. The first kappa shape index (κ1) is 16.2. The third kappa shape index (κ3) is 4.21. The van der Waals surface area contributed by atoms with Crippen molar-refractivity contribution in [2.75, 3.05) is 0 Å². The van der Waals surface area contributed by atoms with E-state index in [2.05, 4.69) is 48.7 Å². The number of hydrogen-bond donors (Lipinski definition) is 2. The predicted octanol–water partition coefficient (Wildman–Crippen LogP) is 3.61. The molecule has 0 atom stereocenters. The van der Waals surface area contributed by atoms with Crippen LogP contribution in [0, 0.1) is 13.8 Å².